The van der Waals surface area contributed by atoms with Gasteiger partial charge in [0.2, 0.25) is 0 Å². The molecule has 2 heteroatoms. The Bertz CT molecular complexity index is 108. The molecule has 0 amide bonds. The summed E-state index contributed by atoms with van der Waals surface area (Å²) in [4.78, 5) is 4.85. The van der Waals surface area contributed by atoms with Gasteiger partial charge in [0.25, 0.3) is 0 Å². The van der Waals surface area contributed by atoms with E-state index in [1.807, 2.05) is 0 Å². The fourth-order valence-electron chi connectivity index (χ4n) is 1.62. The molecule has 11 heavy (non-hydrogen) atoms. The van der Waals surface area contributed by atoms with E-state index in [2.05, 4.69) is 12.1 Å². The Morgan fingerprint density at radius 1 is 1.36 bits per heavy atom. The number of rotatable bonds is 4. The molecule has 0 saturated heterocycles. The molecule has 1 aliphatic rings. The van der Waals surface area contributed by atoms with Crippen molar-refractivity contribution in [3.05, 3.63) is 12.8 Å². The molecule has 1 rings (SSSR count). The number of hydrogen-bond donors (Lipinski definition) is 1. The van der Waals surface area contributed by atoms with Crippen molar-refractivity contribution in [2.45, 2.75) is 32.1 Å². The van der Waals surface area contributed by atoms with Gasteiger partial charge in [0, 0.05) is 6.54 Å². The Kier molecular flexibility index (Phi) is 4.06. The maximum atomic E-state index is 4.85. The van der Waals surface area contributed by atoms with Gasteiger partial charge in [-0.25, -0.2) is 0 Å². The zero-order valence-electron chi connectivity index (χ0n) is 7.01. The summed E-state index contributed by atoms with van der Waals surface area (Å²) in [5.41, 5.74) is 2.89. The Labute approximate surface area is 68.6 Å². The Balaban J connectivity index is 2.00. The highest BCUT2D eigenvalue weighted by Gasteiger charge is 2.12. The lowest BCUT2D eigenvalue weighted by atomic mass is 9.89. The number of hydroxylamine groups is 1. The minimum atomic E-state index is 0.823. The first kappa shape index (κ1) is 8.60. The molecule has 0 bridgehead atoms. The maximum Gasteiger partial charge on any atom is 0.104 e. The van der Waals surface area contributed by atoms with Crippen LogP contribution in [0, 0.1) is 5.92 Å². The lowest BCUT2D eigenvalue weighted by Crippen LogP contribution is -2.22. The quantitative estimate of drug-likeness (QED) is 0.382. The van der Waals surface area contributed by atoms with E-state index < -0.39 is 0 Å². The molecule has 0 unspecified atom stereocenters. The summed E-state index contributed by atoms with van der Waals surface area (Å²) in [6.45, 7) is 4.44. The van der Waals surface area contributed by atoms with Crippen LogP contribution in [0.15, 0.2) is 12.8 Å². The molecular formula is C9H17NO. The molecule has 0 aromatic carbocycles. The SMILES string of the molecule is C=CONCC1CCCCC1. The van der Waals surface area contributed by atoms with E-state index in [4.69, 9.17) is 4.84 Å². The highest BCUT2D eigenvalue weighted by Crippen LogP contribution is 2.22. The van der Waals surface area contributed by atoms with Gasteiger partial charge in [-0.3, -0.25) is 0 Å². The fourth-order valence-corrected chi connectivity index (χ4v) is 1.62. The molecule has 0 aromatic rings. The topological polar surface area (TPSA) is 21.3 Å². The zero-order chi connectivity index (χ0) is 7.94. The molecule has 0 radical (unpaired) electrons. The predicted octanol–water partition coefficient (Wildman–Crippen LogP) is 2.23. The summed E-state index contributed by atoms with van der Waals surface area (Å²) in [6, 6.07) is 0. The smallest absolute Gasteiger partial charge is 0.104 e. The molecule has 0 aliphatic heterocycles. The van der Waals surface area contributed by atoms with Crippen molar-refractivity contribution in [1.29, 1.82) is 0 Å². The third kappa shape index (κ3) is 3.42. The van der Waals surface area contributed by atoms with Gasteiger partial charge < -0.3 is 4.84 Å². The summed E-state index contributed by atoms with van der Waals surface area (Å²) in [5, 5.41) is 0. The molecular weight excluding hydrogens is 138 g/mol. The number of hydrogen-bond acceptors (Lipinski definition) is 2. The molecule has 0 spiro atoms. The second-order valence-electron chi connectivity index (χ2n) is 3.14. The highest BCUT2D eigenvalue weighted by molar-refractivity contribution is 4.66. The summed E-state index contributed by atoms with van der Waals surface area (Å²) < 4.78 is 0. The van der Waals surface area contributed by atoms with E-state index >= 15 is 0 Å². The van der Waals surface area contributed by atoms with Crippen molar-refractivity contribution in [3.63, 3.8) is 0 Å². The van der Waals surface area contributed by atoms with Gasteiger partial charge in [-0.1, -0.05) is 25.8 Å². The third-order valence-corrected chi connectivity index (χ3v) is 2.26. The van der Waals surface area contributed by atoms with Crippen molar-refractivity contribution in [3.8, 4) is 0 Å². The molecule has 1 N–H and O–H groups in total. The van der Waals surface area contributed by atoms with Gasteiger partial charge in [-0.05, 0) is 18.8 Å². The van der Waals surface area contributed by atoms with Crippen LogP contribution in [-0.4, -0.2) is 6.54 Å². The standard InChI is InChI=1S/C9H17NO/c1-2-11-10-8-9-6-4-3-5-7-9/h2,9-10H,1,3-8H2. The van der Waals surface area contributed by atoms with Gasteiger partial charge >= 0.3 is 0 Å². The van der Waals surface area contributed by atoms with Crippen LogP contribution in [0.2, 0.25) is 0 Å². The average Bonchev–Trinajstić information content (AvgIpc) is 2.07. The molecule has 0 aromatic heterocycles. The first-order valence-electron chi connectivity index (χ1n) is 4.43. The van der Waals surface area contributed by atoms with Crippen LogP contribution in [0.3, 0.4) is 0 Å². The Morgan fingerprint density at radius 2 is 2.09 bits per heavy atom. The summed E-state index contributed by atoms with van der Waals surface area (Å²) >= 11 is 0. The van der Waals surface area contributed by atoms with Crippen molar-refractivity contribution in [2.24, 2.45) is 5.92 Å². The van der Waals surface area contributed by atoms with Gasteiger partial charge in [0.15, 0.2) is 0 Å². The summed E-state index contributed by atoms with van der Waals surface area (Å²) in [6.07, 6.45) is 8.34. The van der Waals surface area contributed by atoms with Crippen LogP contribution in [-0.2, 0) is 4.84 Å². The lowest BCUT2D eigenvalue weighted by Gasteiger charge is -2.20. The van der Waals surface area contributed by atoms with Crippen molar-refractivity contribution >= 4 is 0 Å². The van der Waals surface area contributed by atoms with Gasteiger partial charge in [0.1, 0.15) is 6.26 Å². The van der Waals surface area contributed by atoms with E-state index in [1.165, 1.54) is 38.4 Å². The Hall–Kier alpha value is -0.500. The van der Waals surface area contributed by atoms with Crippen LogP contribution in [0.5, 0.6) is 0 Å². The monoisotopic (exact) mass is 155 g/mol. The number of nitrogens with one attached hydrogen (secondary N) is 1. The minimum absolute atomic E-state index is 0.823. The maximum absolute atomic E-state index is 4.85. The zero-order valence-corrected chi connectivity index (χ0v) is 7.01. The molecule has 2 nitrogen and oxygen atoms in total. The first-order chi connectivity index (χ1) is 5.43. The van der Waals surface area contributed by atoms with Gasteiger partial charge in [-0.15, -0.1) is 0 Å². The van der Waals surface area contributed by atoms with Crippen molar-refractivity contribution in [1.82, 2.24) is 5.48 Å². The van der Waals surface area contributed by atoms with E-state index in [-0.39, 0.29) is 0 Å². The van der Waals surface area contributed by atoms with Gasteiger partial charge in [0.05, 0.1) is 0 Å². The highest BCUT2D eigenvalue weighted by atomic mass is 16.6. The first-order valence-corrected chi connectivity index (χ1v) is 4.43. The van der Waals surface area contributed by atoms with Gasteiger partial charge in [-0.2, -0.15) is 5.48 Å². The van der Waals surface area contributed by atoms with Crippen LogP contribution in [0.1, 0.15) is 32.1 Å². The molecule has 1 fully saturated rings. The van der Waals surface area contributed by atoms with Crippen LogP contribution in [0.4, 0.5) is 0 Å². The van der Waals surface area contributed by atoms with Crippen LogP contribution in [0.25, 0.3) is 0 Å². The normalized spacial score (nSPS) is 19.6. The van der Waals surface area contributed by atoms with Crippen molar-refractivity contribution < 1.29 is 4.84 Å². The molecule has 64 valence electrons. The largest absolute Gasteiger partial charge is 0.417 e. The van der Waals surface area contributed by atoms with Crippen molar-refractivity contribution in [2.75, 3.05) is 6.54 Å². The second-order valence-corrected chi connectivity index (χ2v) is 3.14. The fraction of sp³-hybridized carbons (Fsp3) is 0.778. The summed E-state index contributed by atoms with van der Waals surface area (Å²) in [7, 11) is 0. The van der Waals surface area contributed by atoms with E-state index in [1.54, 1.807) is 0 Å². The molecule has 1 saturated carbocycles. The third-order valence-electron chi connectivity index (χ3n) is 2.26. The molecule has 0 atom stereocenters. The van der Waals surface area contributed by atoms with Crippen LogP contribution < -0.4 is 5.48 Å². The van der Waals surface area contributed by atoms with Crippen LogP contribution >= 0.6 is 0 Å². The second kappa shape index (κ2) is 5.19. The van der Waals surface area contributed by atoms with E-state index in [0.29, 0.717) is 0 Å². The minimum Gasteiger partial charge on any atom is -0.417 e. The predicted molar refractivity (Wildman–Crippen MR) is 45.9 cm³/mol. The summed E-state index contributed by atoms with van der Waals surface area (Å²) in [5.74, 6) is 0.823. The molecule has 1 aliphatic carbocycles. The van der Waals surface area contributed by atoms with E-state index in [0.717, 1.165) is 12.5 Å². The molecule has 0 heterocycles. The Morgan fingerprint density at radius 3 is 2.73 bits per heavy atom. The average molecular weight is 155 g/mol. The lowest BCUT2D eigenvalue weighted by molar-refractivity contribution is 0.113. The van der Waals surface area contributed by atoms with E-state index in [9.17, 15) is 0 Å².